The van der Waals surface area contributed by atoms with E-state index in [2.05, 4.69) is 15.5 Å². The van der Waals surface area contributed by atoms with Crippen LogP contribution in [0.1, 0.15) is 36.6 Å². The zero-order chi connectivity index (χ0) is 26.8. The van der Waals surface area contributed by atoms with E-state index in [1.165, 1.54) is 54.1 Å². The number of carbonyl (C=O) groups is 1. The van der Waals surface area contributed by atoms with E-state index in [0.717, 1.165) is 17.7 Å². The molecular weight excluding hydrogens is 520 g/mol. The summed E-state index contributed by atoms with van der Waals surface area (Å²) in [6.45, 7) is 3.45. The van der Waals surface area contributed by atoms with Crippen LogP contribution in [0.2, 0.25) is 0 Å². The van der Waals surface area contributed by atoms with Crippen molar-refractivity contribution in [2.24, 2.45) is 5.16 Å². The second-order valence-corrected chi connectivity index (χ2v) is 11.6. The van der Waals surface area contributed by atoms with Crippen molar-refractivity contribution in [2.45, 2.75) is 49.9 Å². The maximum absolute atomic E-state index is 13.2. The summed E-state index contributed by atoms with van der Waals surface area (Å²) in [6.07, 6.45) is 3.87. The van der Waals surface area contributed by atoms with Gasteiger partial charge >= 0.3 is 0 Å². The Morgan fingerprint density at radius 3 is 2.59 bits per heavy atom. The van der Waals surface area contributed by atoms with Crippen LogP contribution in [0.25, 0.3) is 0 Å². The van der Waals surface area contributed by atoms with Crippen LogP contribution in [-0.2, 0) is 40.5 Å². The van der Waals surface area contributed by atoms with Crippen LogP contribution in [0.3, 0.4) is 0 Å². The Labute approximate surface area is 221 Å². The van der Waals surface area contributed by atoms with Gasteiger partial charge in [0.1, 0.15) is 6.10 Å². The zero-order valence-corrected chi connectivity index (χ0v) is 23.1. The summed E-state index contributed by atoms with van der Waals surface area (Å²) in [7, 11) is 0.862. The molecule has 1 saturated carbocycles. The fourth-order valence-electron chi connectivity index (χ4n) is 3.77. The van der Waals surface area contributed by atoms with E-state index >= 15 is 0 Å². The van der Waals surface area contributed by atoms with Crippen molar-refractivity contribution in [1.29, 1.82) is 0 Å². The SMILES string of the molecule is CCO[C@@H]1CC[C@@H](O/N=C(/C(=O)Nc2ncc(COC)s2)c2ccc(S(=O)(=O)N(C)CCOC)cc2)C1. The Balaban J connectivity index is 1.82. The summed E-state index contributed by atoms with van der Waals surface area (Å²) in [6, 6.07) is 5.96. The molecule has 37 heavy (non-hydrogen) atoms. The Morgan fingerprint density at radius 1 is 1.19 bits per heavy atom. The molecule has 1 fully saturated rings. The molecule has 0 bridgehead atoms. The summed E-state index contributed by atoms with van der Waals surface area (Å²) in [4.78, 5) is 24.1. The molecule has 1 aliphatic carbocycles. The molecule has 1 N–H and O–H groups in total. The number of carbonyl (C=O) groups excluding carboxylic acids is 1. The topological polar surface area (TPSA) is 129 Å². The largest absolute Gasteiger partial charge is 0.392 e. The van der Waals surface area contributed by atoms with Crippen LogP contribution >= 0.6 is 11.3 Å². The summed E-state index contributed by atoms with van der Waals surface area (Å²) in [5, 5.41) is 7.34. The maximum atomic E-state index is 13.2. The number of nitrogens with one attached hydrogen (secondary N) is 1. The first-order chi connectivity index (χ1) is 17.8. The number of nitrogens with zero attached hydrogens (tertiary/aromatic N) is 3. The Bertz CT molecular complexity index is 1150. The number of rotatable bonds is 14. The smallest absolute Gasteiger partial charge is 0.280 e. The van der Waals surface area contributed by atoms with Crippen molar-refractivity contribution in [2.75, 3.05) is 46.3 Å². The number of benzene rings is 1. The first-order valence-electron chi connectivity index (χ1n) is 11.9. The van der Waals surface area contributed by atoms with Gasteiger partial charge in [0.05, 0.1) is 29.1 Å². The van der Waals surface area contributed by atoms with Crippen molar-refractivity contribution < 1.29 is 32.3 Å². The molecule has 1 aliphatic rings. The highest BCUT2D eigenvalue weighted by atomic mass is 32.2. The molecule has 0 aliphatic heterocycles. The summed E-state index contributed by atoms with van der Waals surface area (Å²) in [5.41, 5.74) is 0.420. The van der Waals surface area contributed by atoms with Gasteiger partial charge < -0.3 is 19.0 Å². The monoisotopic (exact) mass is 554 g/mol. The number of hydrogen-bond donors (Lipinski definition) is 1. The van der Waals surface area contributed by atoms with E-state index in [9.17, 15) is 13.2 Å². The highest BCUT2D eigenvalue weighted by molar-refractivity contribution is 7.89. The number of sulfonamides is 1. The molecule has 2 aromatic rings. The van der Waals surface area contributed by atoms with Crippen molar-refractivity contribution >= 4 is 38.1 Å². The van der Waals surface area contributed by atoms with Gasteiger partial charge in [-0.3, -0.25) is 10.1 Å². The molecular formula is C24H34N4O7S2. The van der Waals surface area contributed by atoms with Crippen LogP contribution in [0.4, 0.5) is 5.13 Å². The minimum absolute atomic E-state index is 0.0139. The lowest BCUT2D eigenvalue weighted by Gasteiger charge is -2.17. The Kier molecular flexibility index (Phi) is 11.0. The van der Waals surface area contributed by atoms with Crippen molar-refractivity contribution in [3.63, 3.8) is 0 Å². The molecule has 1 aromatic carbocycles. The third-order valence-corrected chi connectivity index (χ3v) is 8.51. The average molecular weight is 555 g/mol. The van der Waals surface area contributed by atoms with Gasteiger partial charge in [-0.25, -0.2) is 13.4 Å². The van der Waals surface area contributed by atoms with E-state index in [0.29, 0.717) is 30.3 Å². The van der Waals surface area contributed by atoms with Gasteiger partial charge in [0.2, 0.25) is 10.0 Å². The summed E-state index contributed by atoms with van der Waals surface area (Å²) < 4.78 is 42.6. The summed E-state index contributed by atoms with van der Waals surface area (Å²) in [5.74, 6) is -0.523. The lowest BCUT2D eigenvalue weighted by Crippen LogP contribution is -2.30. The second kappa shape index (κ2) is 13.9. The van der Waals surface area contributed by atoms with E-state index in [1.807, 2.05) is 6.92 Å². The lowest BCUT2D eigenvalue weighted by atomic mass is 10.1. The molecule has 11 nitrogen and oxygen atoms in total. The number of aromatic nitrogens is 1. The quantitative estimate of drug-likeness (QED) is 0.279. The van der Waals surface area contributed by atoms with E-state index < -0.39 is 15.9 Å². The molecule has 0 spiro atoms. The predicted molar refractivity (Wildman–Crippen MR) is 140 cm³/mol. The number of anilines is 1. The average Bonchev–Trinajstić information content (AvgIpc) is 3.52. The first kappa shape index (κ1) is 29.1. The highest BCUT2D eigenvalue weighted by Gasteiger charge is 2.28. The minimum Gasteiger partial charge on any atom is -0.392 e. The fraction of sp³-hybridized carbons (Fsp3) is 0.542. The first-order valence-corrected chi connectivity index (χ1v) is 14.2. The van der Waals surface area contributed by atoms with Crippen molar-refractivity contribution in [3.8, 4) is 0 Å². The van der Waals surface area contributed by atoms with Gasteiger partial charge in [-0.05, 0) is 31.9 Å². The lowest BCUT2D eigenvalue weighted by molar-refractivity contribution is -0.110. The zero-order valence-electron chi connectivity index (χ0n) is 21.5. The molecule has 1 heterocycles. The maximum Gasteiger partial charge on any atom is 0.280 e. The molecule has 0 unspecified atom stereocenters. The molecule has 2 atom stereocenters. The highest BCUT2D eigenvalue weighted by Crippen LogP contribution is 2.25. The summed E-state index contributed by atoms with van der Waals surface area (Å²) >= 11 is 1.29. The number of thiazole rings is 1. The standard InChI is InChI=1S/C24H34N4O7S2/c1-5-34-18-8-9-19(14-18)35-27-22(23(29)26-24-25-15-20(36-24)16-33-4)17-6-10-21(11-7-17)37(30,31)28(2)12-13-32-3/h6-7,10-11,15,18-19H,5,8-9,12-14,16H2,1-4H3,(H,25,26,29)/b27-22+/t18-,19-/m1/s1. The molecule has 0 saturated heterocycles. The van der Waals surface area contributed by atoms with Gasteiger partial charge in [0.15, 0.2) is 10.8 Å². The second-order valence-electron chi connectivity index (χ2n) is 8.42. The van der Waals surface area contributed by atoms with Crippen LogP contribution in [0, 0.1) is 0 Å². The molecule has 13 heteroatoms. The van der Waals surface area contributed by atoms with Crippen LogP contribution in [0.15, 0.2) is 40.5 Å². The van der Waals surface area contributed by atoms with Gasteiger partial charge in [0.25, 0.3) is 5.91 Å². The number of hydrogen-bond acceptors (Lipinski definition) is 10. The number of likely N-dealkylation sites (N-methyl/N-ethyl adjacent to an activating group) is 1. The van der Waals surface area contributed by atoms with Gasteiger partial charge in [-0.1, -0.05) is 28.6 Å². The number of oxime groups is 1. The number of ether oxygens (including phenoxy) is 3. The predicted octanol–water partition coefficient (Wildman–Crippen LogP) is 2.87. The van der Waals surface area contributed by atoms with Crippen molar-refractivity contribution in [3.05, 3.63) is 40.9 Å². The number of amides is 1. The van der Waals surface area contributed by atoms with E-state index in [4.69, 9.17) is 19.0 Å². The van der Waals surface area contributed by atoms with Crippen LogP contribution in [-0.4, -0.2) is 82.6 Å². The fourth-order valence-corrected chi connectivity index (χ4v) is 5.71. The molecule has 204 valence electrons. The number of methoxy groups -OCH3 is 2. The third kappa shape index (κ3) is 8.03. The molecule has 1 aromatic heterocycles. The van der Waals surface area contributed by atoms with Crippen LogP contribution < -0.4 is 5.32 Å². The minimum atomic E-state index is -3.71. The van der Waals surface area contributed by atoms with Crippen LogP contribution in [0.5, 0.6) is 0 Å². The molecule has 0 radical (unpaired) electrons. The van der Waals surface area contributed by atoms with Crippen molar-refractivity contribution in [1.82, 2.24) is 9.29 Å². The Morgan fingerprint density at radius 2 is 1.92 bits per heavy atom. The molecule has 1 amide bonds. The Hall–Kier alpha value is -2.42. The van der Waals surface area contributed by atoms with Gasteiger partial charge in [0, 0.05) is 52.6 Å². The van der Waals surface area contributed by atoms with E-state index in [1.54, 1.807) is 13.3 Å². The van der Waals surface area contributed by atoms with E-state index in [-0.39, 0.29) is 36.0 Å². The van der Waals surface area contributed by atoms with Gasteiger partial charge in [-0.2, -0.15) is 4.31 Å². The molecule has 3 rings (SSSR count). The van der Waals surface area contributed by atoms with Gasteiger partial charge in [-0.15, -0.1) is 0 Å². The normalized spacial score (nSPS) is 18.4. The third-order valence-electron chi connectivity index (χ3n) is 5.75.